The fourth-order valence-corrected chi connectivity index (χ4v) is 4.34. The maximum absolute atomic E-state index is 12.6. The fourth-order valence-electron chi connectivity index (χ4n) is 4.22. The molecule has 9 nitrogen and oxygen atoms in total. The lowest BCUT2D eigenvalue weighted by molar-refractivity contribution is 0.0654. The summed E-state index contributed by atoms with van der Waals surface area (Å²) in [5, 5.41) is 41.2. The average Bonchev–Trinajstić information content (AvgIpc) is 3.21. The van der Waals surface area contributed by atoms with Gasteiger partial charge in [0.15, 0.2) is 23.0 Å². The highest BCUT2D eigenvalue weighted by molar-refractivity contribution is 6.30. The number of halogens is 1. The van der Waals surface area contributed by atoms with Crippen molar-refractivity contribution >= 4 is 23.5 Å². The van der Waals surface area contributed by atoms with Crippen molar-refractivity contribution in [3.05, 3.63) is 82.4 Å². The van der Waals surface area contributed by atoms with Crippen molar-refractivity contribution in [1.29, 1.82) is 0 Å². The number of carboxylic acid groups (broad SMARTS) is 2. The van der Waals surface area contributed by atoms with Gasteiger partial charge in [-0.25, -0.2) is 9.59 Å². The summed E-state index contributed by atoms with van der Waals surface area (Å²) in [6.45, 7) is 0.0712. The minimum atomic E-state index is -1.46. The monoisotopic (exact) mass is 523 g/mol. The Kier molecular flexibility index (Phi) is 6.99. The van der Waals surface area contributed by atoms with E-state index in [1.807, 2.05) is 0 Å². The van der Waals surface area contributed by atoms with E-state index >= 15 is 0 Å². The Morgan fingerprint density at radius 1 is 0.757 bits per heavy atom. The molecule has 0 aliphatic rings. The van der Waals surface area contributed by atoms with E-state index in [4.69, 9.17) is 21.1 Å². The quantitative estimate of drug-likeness (QED) is 0.242. The number of aromatic carboxylic acids is 2. The minimum absolute atomic E-state index is 0.0712. The molecule has 4 aromatic rings. The van der Waals surface area contributed by atoms with Gasteiger partial charge in [0.1, 0.15) is 11.1 Å². The molecule has 1 heterocycles. The van der Waals surface area contributed by atoms with Crippen LogP contribution in [0.15, 0.2) is 60.7 Å². The molecule has 190 valence electrons. The maximum atomic E-state index is 12.6. The van der Waals surface area contributed by atoms with Crippen LogP contribution in [-0.4, -0.2) is 51.2 Å². The summed E-state index contributed by atoms with van der Waals surface area (Å²) in [5.41, 5.74) is 0.598. The smallest absolute Gasteiger partial charge is 0.338 e. The molecule has 0 spiro atoms. The lowest BCUT2D eigenvalue weighted by Gasteiger charge is -2.16. The predicted molar refractivity (Wildman–Crippen MR) is 136 cm³/mol. The molecule has 0 aliphatic carbocycles. The number of carboxylic acids is 2. The van der Waals surface area contributed by atoms with Crippen molar-refractivity contribution < 1.29 is 39.5 Å². The number of benzene rings is 3. The van der Waals surface area contributed by atoms with Gasteiger partial charge in [0.25, 0.3) is 0 Å². The molecule has 37 heavy (non-hydrogen) atoms. The molecular weight excluding hydrogens is 502 g/mol. The lowest BCUT2D eigenvalue weighted by atomic mass is 10.0. The Hall–Kier alpha value is -4.63. The molecule has 4 N–H and O–H groups in total. The van der Waals surface area contributed by atoms with E-state index in [-0.39, 0.29) is 40.9 Å². The van der Waals surface area contributed by atoms with E-state index in [9.17, 15) is 30.0 Å². The minimum Gasteiger partial charge on any atom is -0.504 e. The predicted octanol–water partition coefficient (Wildman–Crippen LogP) is 5.35. The highest BCUT2D eigenvalue weighted by atomic mass is 35.5. The van der Waals surface area contributed by atoms with Crippen LogP contribution in [0.2, 0.25) is 5.02 Å². The van der Waals surface area contributed by atoms with Crippen LogP contribution in [0.25, 0.3) is 22.5 Å². The molecule has 0 saturated carbocycles. The van der Waals surface area contributed by atoms with Gasteiger partial charge in [-0.05, 0) is 54.1 Å². The van der Waals surface area contributed by atoms with Crippen molar-refractivity contribution in [1.82, 2.24) is 4.57 Å². The Balaban J connectivity index is 2.15. The average molecular weight is 524 g/mol. The van der Waals surface area contributed by atoms with Gasteiger partial charge < -0.3 is 34.5 Å². The lowest BCUT2D eigenvalue weighted by Crippen LogP contribution is -2.07. The third-order valence-corrected chi connectivity index (χ3v) is 6.10. The second kappa shape index (κ2) is 10.2. The molecule has 0 amide bonds. The molecule has 0 radical (unpaired) electrons. The van der Waals surface area contributed by atoms with Crippen molar-refractivity contribution in [2.24, 2.45) is 0 Å². The van der Waals surface area contributed by atoms with Gasteiger partial charge in [-0.1, -0.05) is 23.7 Å². The Labute approximate surface area is 216 Å². The zero-order chi connectivity index (χ0) is 26.9. The molecule has 0 saturated heterocycles. The Morgan fingerprint density at radius 2 is 1.19 bits per heavy atom. The van der Waals surface area contributed by atoms with Crippen molar-refractivity contribution in [3.63, 3.8) is 0 Å². The molecule has 3 aromatic carbocycles. The second-order valence-electron chi connectivity index (χ2n) is 8.04. The van der Waals surface area contributed by atoms with Crippen LogP contribution in [0.3, 0.4) is 0 Å². The summed E-state index contributed by atoms with van der Waals surface area (Å²) in [6, 6.07) is 15.3. The van der Waals surface area contributed by atoms with Gasteiger partial charge in [0, 0.05) is 22.7 Å². The molecule has 4 rings (SSSR count). The number of nitrogens with zero attached hydrogens (tertiary/aromatic N) is 1. The van der Waals surface area contributed by atoms with Gasteiger partial charge >= 0.3 is 11.9 Å². The molecular formula is C27H22ClNO8. The summed E-state index contributed by atoms with van der Waals surface area (Å²) in [6.07, 6.45) is 0. The molecule has 0 unspecified atom stereocenters. The summed E-state index contributed by atoms with van der Waals surface area (Å²) in [4.78, 5) is 25.1. The molecule has 10 heteroatoms. The first kappa shape index (κ1) is 25.5. The number of carbonyl (C=O) groups is 2. The fraction of sp³-hybridized carbons (Fsp3) is 0.111. The second-order valence-corrected chi connectivity index (χ2v) is 8.48. The largest absolute Gasteiger partial charge is 0.504 e. The number of methoxy groups -OCH3 is 2. The first-order valence-electron chi connectivity index (χ1n) is 10.9. The van der Waals surface area contributed by atoms with Crippen LogP contribution >= 0.6 is 11.6 Å². The van der Waals surface area contributed by atoms with Crippen LogP contribution < -0.4 is 9.47 Å². The van der Waals surface area contributed by atoms with Gasteiger partial charge in [-0.15, -0.1) is 0 Å². The highest BCUT2D eigenvalue weighted by Gasteiger charge is 2.33. The summed E-state index contributed by atoms with van der Waals surface area (Å²) in [5.74, 6) is -3.08. The van der Waals surface area contributed by atoms with Crippen molar-refractivity contribution in [2.45, 2.75) is 6.54 Å². The van der Waals surface area contributed by atoms with Gasteiger partial charge in [-0.2, -0.15) is 0 Å². The summed E-state index contributed by atoms with van der Waals surface area (Å²) in [7, 11) is 2.70. The number of rotatable bonds is 8. The number of aromatic hydroxyl groups is 2. The van der Waals surface area contributed by atoms with Crippen LogP contribution in [0.4, 0.5) is 0 Å². The van der Waals surface area contributed by atoms with E-state index in [1.54, 1.807) is 28.8 Å². The van der Waals surface area contributed by atoms with Gasteiger partial charge in [-0.3, -0.25) is 0 Å². The van der Waals surface area contributed by atoms with Crippen LogP contribution in [0.1, 0.15) is 26.3 Å². The molecule has 0 aliphatic heterocycles. The number of hydrogen-bond acceptors (Lipinski definition) is 6. The molecule has 0 atom stereocenters. The van der Waals surface area contributed by atoms with E-state index in [0.717, 1.165) is 0 Å². The Morgan fingerprint density at radius 3 is 1.57 bits per heavy atom. The first-order chi connectivity index (χ1) is 17.7. The number of hydrogen-bond donors (Lipinski definition) is 4. The van der Waals surface area contributed by atoms with Crippen molar-refractivity contribution in [3.8, 4) is 45.5 Å². The zero-order valence-corrected chi connectivity index (χ0v) is 20.5. The topological polar surface area (TPSA) is 138 Å². The number of phenolic OH excluding ortho intramolecular Hbond substituents is 2. The number of phenols is 2. The van der Waals surface area contributed by atoms with Gasteiger partial charge in [0.05, 0.1) is 25.6 Å². The molecule has 0 fully saturated rings. The van der Waals surface area contributed by atoms with Crippen LogP contribution in [-0.2, 0) is 6.54 Å². The molecule has 1 aromatic heterocycles. The zero-order valence-electron chi connectivity index (χ0n) is 19.7. The maximum Gasteiger partial charge on any atom is 0.338 e. The normalized spacial score (nSPS) is 10.8. The summed E-state index contributed by atoms with van der Waals surface area (Å²) < 4.78 is 12.0. The first-order valence-corrected chi connectivity index (χ1v) is 11.3. The number of ether oxygens (including phenoxy) is 2. The number of aromatic nitrogens is 1. The van der Waals surface area contributed by atoms with E-state index in [2.05, 4.69) is 0 Å². The van der Waals surface area contributed by atoms with Crippen LogP contribution in [0.5, 0.6) is 23.0 Å². The van der Waals surface area contributed by atoms with E-state index in [1.165, 1.54) is 50.6 Å². The SMILES string of the molecule is COc1cc(-c2c(C(=O)O)c(C(=O)O)c(-c3ccc(O)c(OC)c3)n2Cc2ccc(Cl)cc2)ccc1O. The Bertz CT molecular complexity index is 1420. The van der Waals surface area contributed by atoms with Gasteiger partial charge in [0.2, 0.25) is 0 Å². The standard InChI is InChI=1S/C27H22ClNO8/c1-36-20-11-15(5-9-18(20)30)24-22(26(32)33)23(27(34)35)25(16-6-10-19(31)21(12-16)37-2)29(24)13-14-3-7-17(28)8-4-14/h3-12,30-31H,13H2,1-2H3,(H,32,33)(H,34,35). The van der Waals surface area contributed by atoms with E-state index in [0.29, 0.717) is 21.7 Å². The van der Waals surface area contributed by atoms with Crippen molar-refractivity contribution in [2.75, 3.05) is 14.2 Å². The summed E-state index contributed by atoms with van der Waals surface area (Å²) >= 11 is 6.04. The highest BCUT2D eigenvalue weighted by Crippen LogP contribution is 2.42. The third-order valence-electron chi connectivity index (χ3n) is 5.85. The van der Waals surface area contributed by atoms with E-state index < -0.39 is 23.1 Å². The molecule has 0 bridgehead atoms. The third kappa shape index (κ3) is 4.76. The van der Waals surface area contributed by atoms with Crippen LogP contribution in [0, 0.1) is 0 Å².